The van der Waals surface area contributed by atoms with E-state index in [4.69, 9.17) is 4.74 Å². The maximum Gasteiger partial charge on any atom is 0.296 e. The van der Waals surface area contributed by atoms with Crippen LogP contribution in [0.4, 0.5) is 0 Å². The number of aliphatic hydroxyl groups is 1. The molecule has 0 radical (unpaired) electrons. The SMILES string of the molecule is C[C@H]1CC[C@H](C(C)(C)c2ccccc2)[C@@H](O/C(O)=C/N=Cc2ccccc2)C1. The molecule has 1 saturated carbocycles. The Labute approximate surface area is 168 Å². The molecule has 3 rings (SSSR count). The van der Waals surface area contributed by atoms with Crippen LogP contribution in [0, 0.1) is 11.8 Å². The fourth-order valence-electron chi connectivity index (χ4n) is 4.28. The highest BCUT2D eigenvalue weighted by Crippen LogP contribution is 2.44. The monoisotopic (exact) mass is 377 g/mol. The van der Waals surface area contributed by atoms with Crippen molar-refractivity contribution in [2.24, 2.45) is 16.8 Å². The number of nitrogens with zero attached hydrogens (tertiary/aromatic N) is 1. The van der Waals surface area contributed by atoms with Crippen molar-refractivity contribution in [1.82, 2.24) is 0 Å². The van der Waals surface area contributed by atoms with E-state index >= 15 is 0 Å². The topological polar surface area (TPSA) is 41.8 Å². The van der Waals surface area contributed by atoms with Crippen molar-refractivity contribution in [3.63, 3.8) is 0 Å². The van der Waals surface area contributed by atoms with E-state index in [0.29, 0.717) is 11.8 Å². The molecule has 28 heavy (non-hydrogen) atoms. The van der Waals surface area contributed by atoms with E-state index in [0.717, 1.165) is 18.4 Å². The van der Waals surface area contributed by atoms with E-state index in [1.54, 1.807) is 6.21 Å². The van der Waals surface area contributed by atoms with Gasteiger partial charge in [-0.15, -0.1) is 0 Å². The third-order valence-corrected chi connectivity index (χ3v) is 5.98. The van der Waals surface area contributed by atoms with Gasteiger partial charge >= 0.3 is 0 Å². The first-order chi connectivity index (χ1) is 13.5. The number of hydrogen-bond acceptors (Lipinski definition) is 3. The highest BCUT2D eigenvalue weighted by atomic mass is 16.6. The Hall–Kier alpha value is -2.55. The number of aliphatic imine (C=N–C) groups is 1. The molecule has 1 fully saturated rings. The fourth-order valence-corrected chi connectivity index (χ4v) is 4.28. The molecule has 2 aromatic carbocycles. The van der Waals surface area contributed by atoms with Gasteiger partial charge in [-0.1, -0.05) is 87.9 Å². The third-order valence-electron chi connectivity index (χ3n) is 5.98. The van der Waals surface area contributed by atoms with Crippen LogP contribution in [0.5, 0.6) is 0 Å². The van der Waals surface area contributed by atoms with Crippen LogP contribution in [0.15, 0.2) is 77.8 Å². The van der Waals surface area contributed by atoms with Gasteiger partial charge in [0, 0.05) is 12.1 Å². The van der Waals surface area contributed by atoms with Gasteiger partial charge in [-0.2, -0.15) is 0 Å². The van der Waals surface area contributed by atoms with Gasteiger partial charge in [0.05, 0.1) is 0 Å². The average Bonchev–Trinajstić information content (AvgIpc) is 2.69. The predicted molar refractivity (Wildman–Crippen MR) is 116 cm³/mol. The molecule has 0 heterocycles. The molecule has 3 heteroatoms. The Kier molecular flexibility index (Phi) is 6.56. The van der Waals surface area contributed by atoms with Crippen LogP contribution >= 0.6 is 0 Å². The van der Waals surface area contributed by atoms with Crippen molar-refractivity contribution in [1.29, 1.82) is 0 Å². The second-order valence-corrected chi connectivity index (χ2v) is 8.42. The zero-order chi connectivity index (χ0) is 20.0. The van der Waals surface area contributed by atoms with Crippen LogP contribution in [0.2, 0.25) is 0 Å². The smallest absolute Gasteiger partial charge is 0.296 e. The number of rotatable bonds is 6. The number of benzene rings is 2. The number of hydrogen-bond donors (Lipinski definition) is 1. The largest absolute Gasteiger partial charge is 0.480 e. The third kappa shape index (κ3) is 5.03. The zero-order valence-electron chi connectivity index (χ0n) is 17.1. The summed E-state index contributed by atoms with van der Waals surface area (Å²) in [6.07, 6.45) is 6.32. The van der Waals surface area contributed by atoms with Crippen molar-refractivity contribution in [3.05, 3.63) is 83.9 Å². The van der Waals surface area contributed by atoms with Crippen molar-refractivity contribution >= 4 is 6.21 Å². The molecule has 0 aromatic heterocycles. The Balaban J connectivity index is 1.73. The highest BCUT2D eigenvalue weighted by Gasteiger charge is 2.41. The molecule has 1 aliphatic carbocycles. The van der Waals surface area contributed by atoms with Crippen molar-refractivity contribution in [3.8, 4) is 0 Å². The summed E-state index contributed by atoms with van der Waals surface area (Å²) >= 11 is 0. The highest BCUT2D eigenvalue weighted by molar-refractivity contribution is 5.79. The number of ether oxygens (including phenoxy) is 1. The van der Waals surface area contributed by atoms with E-state index in [2.05, 4.69) is 56.1 Å². The van der Waals surface area contributed by atoms with Gasteiger partial charge in [0.2, 0.25) is 0 Å². The van der Waals surface area contributed by atoms with Gasteiger partial charge in [-0.25, -0.2) is 0 Å². The first kappa shape index (κ1) is 20.2. The summed E-state index contributed by atoms with van der Waals surface area (Å²) in [5.41, 5.74) is 2.27. The molecule has 3 nitrogen and oxygen atoms in total. The maximum absolute atomic E-state index is 10.3. The van der Waals surface area contributed by atoms with Gasteiger partial charge in [-0.3, -0.25) is 4.99 Å². The second kappa shape index (κ2) is 9.09. The Morgan fingerprint density at radius 1 is 1.04 bits per heavy atom. The summed E-state index contributed by atoms with van der Waals surface area (Å²) in [6, 6.07) is 20.4. The first-order valence-corrected chi connectivity index (χ1v) is 10.2. The van der Waals surface area contributed by atoms with Crippen LogP contribution in [0.3, 0.4) is 0 Å². The molecule has 0 spiro atoms. The molecule has 0 aliphatic heterocycles. The minimum absolute atomic E-state index is 0.0258. The Bertz CT molecular complexity index is 796. The normalized spacial score (nSPS) is 23.7. The van der Waals surface area contributed by atoms with Crippen LogP contribution < -0.4 is 0 Å². The predicted octanol–water partition coefficient (Wildman–Crippen LogP) is 6.26. The maximum atomic E-state index is 10.3. The minimum atomic E-state index is -0.111. The lowest BCUT2D eigenvalue weighted by Gasteiger charge is -2.44. The van der Waals surface area contributed by atoms with E-state index in [9.17, 15) is 5.11 Å². The minimum Gasteiger partial charge on any atom is -0.480 e. The second-order valence-electron chi connectivity index (χ2n) is 8.42. The summed E-state index contributed by atoms with van der Waals surface area (Å²) in [7, 11) is 0. The molecular weight excluding hydrogens is 346 g/mol. The lowest BCUT2D eigenvalue weighted by Crippen LogP contribution is -2.42. The van der Waals surface area contributed by atoms with Crippen molar-refractivity contribution in [2.45, 2.75) is 51.6 Å². The quantitative estimate of drug-likeness (QED) is 0.477. The van der Waals surface area contributed by atoms with Crippen molar-refractivity contribution < 1.29 is 9.84 Å². The molecule has 2 aromatic rings. The van der Waals surface area contributed by atoms with E-state index in [1.807, 2.05) is 30.3 Å². The van der Waals surface area contributed by atoms with Crippen LogP contribution in [0.1, 0.15) is 51.2 Å². The molecule has 1 N–H and O–H groups in total. The standard InChI is InChI=1S/C25H31NO2/c1-19-14-15-22(25(2,3)21-12-8-5-9-13-21)23(16-19)28-24(27)18-26-17-20-10-6-4-7-11-20/h4-13,17-19,22-23,27H,14-16H2,1-3H3/b24-18+,26-17?/t19-,22-,23-/m0/s1. The lowest BCUT2D eigenvalue weighted by atomic mass is 9.64. The molecule has 1 aliphatic rings. The van der Waals surface area contributed by atoms with Gasteiger partial charge in [-0.05, 0) is 35.3 Å². The van der Waals surface area contributed by atoms with Gasteiger partial charge in [0.25, 0.3) is 5.95 Å². The summed E-state index contributed by atoms with van der Waals surface area (Å²) < 4.78 is 6.02. The van der Waals surface area contributed by atoms with Crippen molar-refractivity contribution in [2.75, 3.05) is 0 Å². The fraction of sp³-hybridized carbons (Fsp3) is 0.400. The molecule has 0 amide bonds. The van der Waals surface area contributed by atoms with Crippen LogP contribution in [0.25, 0.3) is 0 Å². The van der Waals surface area contributed by atoms with Gasteiger partial charge < -0.3 is 9.84 Å². The molecule has 0 unspecified atom stereocenters. The zero-order valence-corrected chi connectivity index (χ0v) is 17.1. The first-order valence-electron chi connectivity index (χ1n) is 10.2. The van der Waals surface area contributed by atoms with Crippen LogP contribution in [-0.4, -0.2) is 17.4 Å². The number of aliphatic hydroxyl groups excluding tert-OH is 1. The van der Waals surface area contributed by atoms with E-state index < -0.39 is 0 Å². The molecule has 148 valence electrons. The van der Waals surface area contributed by atoms with Crippen LogP contribution in [-0.2, 0) is 10.2 Å². The van der Waals surface area contributed by atoms with E-state index in [1.165, 1.54) is 18.2 Å². The van der Waals surface area contributed by atoms with Gasteiger partial charge in [0.1, 0.15) is 12.3 Å². The Morgan fingerprint density at radius 3 is 2.36 bits per heavy atom. The molecular formula is C25H31NO2. The van der Waals surface area contributed by atoms with Gasteiger partial charge in [0.15, 0.2) is 0 Å². The molecule has 3 atom stereocenters. The summed E-state index contributed by atoms with van der Waals surface area (Å²) in [4.78, 5) is 4.21. The lowest BCUT2D eigenvalue weighted by molar-refractivity contribution is -0.0511. The Morgan fingerprint density at radius 2 is 1.68 bits per heavy atom. The molecule has 0 bridgehead atoms. The summed E-state index contributed by atoms with van der Waals surface area (Å²) in [5, 5.41) is 10.3. The van der Waals surface area contributed by atoms with E-state index in [-0.39, 0.29) is 17.5 Å². The summed E-state index contributed by atoms with van der Waals surface area (Å²) in [5.74, 6) is 0.813. The summed E-state index contributed by atoms with van der Waals surface area (Å²) in [6.45, 7) is 6.83. The molecule has 0 saturated heterocycles. The average molecular weight is 378 g/mol.